The molecule has 2 aliphatic rings. The fourth-order valence-corrected chi connectivity index (χ4v) is 4.31. The first-order valence-corrected chi connectivity index (χ1v) is 11.1. The fraction of sp³-hybridized carbons (Fsp3) is 0.435. The van der Waals surface area contributed by atoms with Gasteiger partial charge < -0.3 is 9.64 Å². The third-order valence-electron chi connectivity index (χ3n) is 6.11. The molecule has 0 N–H and O–H groups in total. The number of benzene rings is 1. The zero-order chi connectivity index (χ0) is 21.4. The number of carbonyl (C=O) groups excluding carboxylic acids is 1. The van der Waals surface area contributed by atoms with Crippen molar-refractivity contribution in [2.24, 2.45) is 0 Å². The van der Waals surface area contributed by atoms with Gasteiger partial charge in [-0.3, -0.25) is 19.1 Å². The average molecular weight is 440 g/mol. The molecule has 1 saturated heterocycles. The first-order chi connectivity index (χ1) is 15.1. The molecule has 1 aliphatic heterocycles. The SMILES string of the molecule is COCC(=O)N1CCN(Cc2c(-c3ccc(Cl)cc3)nc3cnc(C4CC4)cn23)CC1. The summed E-state index contributed by atoms with van der Waals surface area (Å²) in [6.07, 6.45) is 6.47. The first-order valence-electron chi connectivity index (χ1n) is 10.7. The number of ether oxygens (including phenoxy) is 1. The van der Waals surface area contributed by atoms with Crippen LogP contribution >= 0.6 is 11.6 Å². The minimum absolute atomic E-state index is 0.0546. The summed E-state index contributed by atoms with van der Waals surface area (Å²) >= 11 is 6.11. The molecule has 0 atom stereocenters. The summed E-state index contributed by atoms with van der Waals surface area (Å²) < 4.78 is 7.20. The topological polar surface area (TPSA) is 63.0 Å². The number of rotatable bonds is 6. The average Bonchev–Trinajstić information content (AvgIpc) is 3.58. The molecule has 0 radical (unpaired) electrons. The Kier molecular flexibility index (Phi) is 5.65. The molecule has 2 aromatic heterocycles. The van der Waals surface area contributed by atoms with Crippen molar-refractivity contribution in [3.8, 4) is 11.3 Å². The molecule has 1 saturated carbocycles. The van der Waals surface area contributed by atoms with Gasteiger partial charge in [0, 0.05) is 62.5 Å². The highest BCUT2D eigenvalue weighted by atomic mass is 35.5. The van der Waals surface area contributed by atoms with E-state index in [1.54, 1.807) is 7.11 Å². The Morgan fingerprint density at radius 2 is 1.90 bits per heavy atom. The second-order valence-corrected chi connectivity index (χ2v) is 8.76. The van der Waals surface area contributed by atoms with Crippen LogP contribution in [0.2, 0.25) is 5.02 Å². The molecule has 1 aliphatic carbocycles. The molecule has 1 amide bonds. The highest BCUT2D eigenvalue weighted by Crippen LogP contribution is 2.39. The van der Waals surface area contributed by atoms with Crippen molar-refractivity contribution in [3.05, 3.63) is 53.1 Å². The second-order valence-electron chi connectivity index (χ2n) is 8.32. The van der Waals surface area contributed by atoms with Crippen LogP contribution in [0.1, 0.15) is 30.1 Å². The van der Waals surface area contributed by atoms with Gasteiger partial charge in [0.2, 0.25) is 5.91 Å². The van der Waals surface area contributed by atoms with E-state index >= 15 is 0 Å². The van der Waals surface area contributed by atoms with Gasteiger partial charge in [-0.2, -0.15) is 0 Å². The predicted molar refractivity (Wildman–Crippen MR) is 119 cm³/mol. The van der Waals surface area contributed by atoms with Crippen molar-refractivity contribution < 1.29 is 9.53 Å². The lowest BCUT2D eigenvalue weighted by Crippen LogP contribution is -2.49. The number of fused-ring (bicyclic) bond motifs is 1. The summed E-state index contributed by atoms with van der Waals surface area (Å²) in [5.41, 5.74) is 5.16. The molecule has 162 valence electrons. The second kappa shape index (κ2) is 8.57. The highest BCUT2D eigenvalue weighted by Gasteiger charge is 2.27. The van der Waals surface area contributed by atoms with E-state index < -0.39 is 0 Å². The molecule has 7 nitrogen and oxygen atoms in total. The fourth-order valence-electron chi connectivity index (χ4n) is 4.18. The molecule has 1 aromatic carbocycles. The zero-order valence-corrected chi connectivity index (χ0v) is 18.4. The van der Waals surface area contributed by atoms with Crippen molar-refractivity contribution in [2.75, 3.05) is 39.9 Å². The van der Waals surface area contributed by atoms with Crippen LogP contribution < -0.4 is 0 Å². The molecular weight excluding hydrogens is 414 g/mol. The number of hydrogen-bond donors (Lipinski definition) is 0. The van der Waals surface area contributed by atoms with Crippen molar-refractivity contribution in [1.29, 1.82) is 0 Å². The van der Waals surface area contributed by atoms with Crippen LogP contribution in [0.5, 0.6) is 0 Å². The largest absolute Gasteiger partial charge is 0.375 e. The zero-order valence-electron chi connectivity index (χ0n) is 17.6. The predicted octanol–water partition coefficient (Wildman–Crippen LogP) is 3.22. The van der Waals surface area contributed by atoms with Crippen LogP contribution in [0.3, 0.4) is 0 Å². The number of amides is 1. The number of hydrogen-bond acceptors (Lipinski definition) is 5. The summed E-state index contributed by atoms with van der Waals surface area (Å²) in [7, 11) is 1.56. The Balaban J connectivity index is 1.44. The Hall–Kier alpha value is -2.48. The number of piperazine rings is 1. The Morgan fingerprint density at radius 3 is 2.58 bits per heavy atom. The molecule has 0 unspecified atom stereocenters. The van der Waals surface area contributed by atoms with Crippen molar-refractivity contribution in [1.82, 2.24) is 24.2 Å². The van der Waals surface area contributed by atoms with E-state index in [0.717, 1.165) is 47.9 Å². The van der Waals surface area contributed by atoms with E-state index in [1.165, 1.54) is 12.8 Å². The standard InChI is InChI=1S/C23H26ClN5O2/c1-31-15-22(30)28-10-8-27(9-11-28)14-20-23(17-4-6-18(24)7-5-17)26-21-12-25-19(13-29(20)21)16-2-3-16/h4-7,12-13,16H,2-3,8-11,14-15H2,1H3. The lowest BCUT2D eigenvalue weighted by Gasteiger charge is -2.34. The van der Waals surface area contributed by atoms with Gasteiger partial charge in [0.25, 0.3) is 0 Å². The van der Waals surface area contributed by atoms with Gasteiger partial charge in [0.1, 0.15) is 6.61 Å². The molecule has 2 fully saturated rings. The van der Waals surface area contributed by atoms with Gasteiger partial charge in [-0.1, -0.05) is 23.7 Å². The summed E-state index contributed by atoms with van der Waals surface area (Å²) in [5, 5.41) is 0.712. The smallest absolute Gasteiger partial charge is 0.248 e. The number of methoxy groups -OCH3 is 1. The van der Waals surface area contributed by atoms with E-state index in [4.69, 9.17) is 21.3 Å². The van der Waals surface area contributed by atoms with E-state index in [-0.39, 0.29) is 12.5 Å². The third kappa shape index (κ3) is 4.31. The summed E-state index contributed by atoms with van der Waals surface area (Å²) in [4.78, 5) is 26.0. The molecular formula is C23H26ClN5O2. The normalized spacial score (nSPS) is 17.4. The Bertz CT molecular complexity index is 1090. The lowest BCUT2D eigenvalue weighted by atomic mass is 10.1. The van der Waals surface area contributed by atoms with Gasteiger partial charge in [-0.15, -0.1) is 0 Å². The van der Waals surface area contributed by atoms with Gasteiger partial charge in [0.15, 0.2) is 5.65 Å². The van der Waals surface area contributed by atoms with Crippen LogP contribution in [-0.2, 0) is 16.1 Å². The van der Waals surface area contributed by atoms with Crippen LogP contribution in [0.25, 0.3) is 16.9 Å². The number of imidazole rings is 1. The maximum absolute atomic E-state index is 12.1. The van der Waals surface area contributed by atoms with Crippen LogP contribution in [0.15, 0.2) is 36.7 Å². The van der Waals surface area contributed by atoms with Crippen molar-refractivity contribution in [2.45, 2.75) is 25.3 Å². The van der Waals surface area contributed by atoms with Gasteiger partial charge in [0.05, 0.1) is 23.3 Å². The van der Waals surface area contributed by atoms with Gasteiger partial charge in [-0.25, -0.2) is 4.98 Å². The van der Waals surface area contributed by atoms with Crippen LogP contribution in [0.4, 0.5) is 0 Å². The Labute approximate surface area is 186 Å². The molecule has 31 heavy (non-hydrogen) atoms. The number of aromatic nitrogens is 3. The summed E-state index contributed by atoms with van der Waals surface area (Å²) in [6, 6.07) is 7.84. The monoisotopic (exact) mass is 439 g/mol. The molecule has 0 spiro atoms. The summed E-state index contributed by atoms with van der Waals surface area (Å²) in [6.45, 7) is 3.98. The van der Waals surface area contributed by atoms with Gasteiger partial charge in [-0.05, 0) is 25.0 Å². The quantitative estimate of drug-likeness (QED) is 0.590. The summed E-state index contributed by atoms with van der Waals surface area (Å²) in [5.74, 6) is 0.632. The lowest BCUT2D eigenvalue weighted by molar-refractivity contribution is -0.136. The third-order valence-corrected chi connectivity index (χ3v) is 6.36. The minimum Gasteiger partial charge on any atom is -0.375 e. The van der Waals surface area contributed by atoms with Crippen molar-refractivity contribution >= 4 is 23.2 Å². The maximum Gasteiger partial charge on any atom is 0.248 e. The van der Waals surface area contributed by atoms with E-state index in [9.17, 15) is 4.79 Å². The molecule has 3 heterocycles. The molecule has 0 bridgehead atoms. The van der Waals surface area contributed by atoms with E-state index in [2.05, 4.69) is 20.5 Å². The first kappa shape index (κ1) is 20.4. The number of nitrogens with zero attached hydrogens (tertiary/aromatic N) is 5. The maximum atomic E-state index is 12.1. The Morgan fingerprint density at radius 1 is 1.16 bits per heavy atom. The highest BCUT2D eigenvalue weighted by molar-refractivity contribution is 6.30. The van der Waals surface area contributed by atoms with Crippen LogP contribution in [0, 0.1) is 0 Å². The van der Waals surface area contributed by atoms with E-state index in [1.807, 2.05) is 35.4 Å². The molecule has 8 heteroatoms. The van der Waals surface area contributed by atoms with Crippen LogP contribution in [-0.4, -0.2) is 70.0 Å². The van der Waals surface area contributed by atoms with Crippen molar-refractivity contribution in [3.63, 3.8) is 0 Å². The van der Waals surface area contributed by atoms with Gasteiger partial charge >= 0.3 is 0 Å². The number of carbonyl (C=O) groups is 1. The molecule has 3 aromatic rings. The minimum atomic E-state index is 0.0546. The number of halogens is 1. The molecule has 5 rings (SSSR count). The van der Waals surface area contributed by atoms with E-state index in [0.29, 0.717) is 24.0 Å².